The number of carboxylic acid groups (broad SMARTS) is 1. The Morgan fingerprint density at radius 3 is 2.39 bits per heavy atom. The Balaban J connectivity index is 2.21. The van der Waals surface area contributed by atoms with Gasteiger partial charge < -0.3 is 9.84 Å². The number of carbonyl (C=O) groups excluding carboxylic acids is 1. The van der Waals surface area contributed by atoms with Crippen LogP contribution in [0.3, 0.4) is 0 Å². The molecular formula is C17H22FNO4. The molecule has 0 saturated heterocycles. The molecule has 126 valence electrons. The van der Waals surface area contributed by atoms with Crippen LogP contribution < -0.4 is 5.32 Å². The summed E-state index contributed by atoms with van der Waals surface area (Å²) in [5, 5.41) is 11.8. The Labute approximate surface area is 134 Å². The first kappa shape index (κ1) is 17.2. The second-order valence-electron chi connectivity index (χ2n) is 7.48. The van der Waals surface area contributed by atoms with Gasteiger partial charge in [-0.3, -0.25) is 10.1 Å². The van der Waals surface area contributed by atoms with Crippen molar-refractivity contribution in [1.82, 2.24) is 0 Å². The van der Waals surface area contributed by atoms with Gasteiger partial charge in [0.05, 0.1) is 5.92 Å². The number of rotatable bonds is 3. The van der Waals surface area contributed by atoms with E-state index in [1.54, 1.807) is 34.6 Å². The van der Waals surface area contributed by atoms with E-state index in [0.717, 1.165) is 0 Å². The first-order valence-electron chi connectivity index (χ1n) is 7.46. The predicted octanol–water partition coefficient (Wildman–Crippen LogP) is 4.00. The quantitative estimate of drug-likeness (QED) is 0.881. The van der Waals surface area contributed by atoms with E-state index >= 15 is 0 Å². The van der Waals surface area contributed by atoms with Crippen molar-refractivity contribution in [3.05, 3.63) is 29.6 Å². The minimum atomic E-state index is -0.940. The van der Waals surface area contributed by atoms with Crippen molar-refractivity contribution >= 4 is 17.7 Å². The Kier molecular flexibility index (Phi) is 4.13. The van der Waals surface area contributed by atoms with Gasteiger partial charge in [0.2, 0.25) is 0 Å². The molecule has 1 amide bonds. The topological polar surface area (TPSA) is 75.6 Å². The SMILES string of the molecule is CC(C)(C)OC(=O)Nc1ccc(F)c(C2C(C(=O)O)C2(C)C)c1. The number of hydrogen-bond acceptors (Lipinski definition) is 3. The number of amides is 1. The first-order chi connectivity index (χ1) is 10.4. The molecule has 1 aromatic carbocycles. The molecule has 0 aliphatic heterocycles. The maximum Gasteiger partial charge on any atom is 0.412 e. The van der Waals surface area contributed by atoms with Gasteiger partial charge in [0.15, 0.2) is 0 Å². The molecule has 5 nitrogen and oxygen atoms in total. The fourth-order valence-electron chi connectivity index (χ4n) is 2.96. The van der Waals surface area contributed by atoms with E-state index in [1.807, 2.05) is 0 Å². The molecular weight excluding hydrogens is 301 g/mol. The lowest BCUT2D eigenvalue weighted by Gasteiger charge is -2.20. The van der Waals surface area contributed by atoms with Gasteiger partial charge >= 0.3 is 12.1 Å². The molecule has 1 aliphatic carbocycles. The fraction of sp³-hybridized carbons (Fsp3) is 0.529. The van der Waals surface area contributed by atoms with E-state index in [1.165, 1.54) is 18.2 Å². The second kappa shape index (κ2) is 5.51. The number of halogens is 1. The Morgan fingerprint density at radius 2 is 1.91 bits per heavy atom. The van der Waals surface area contributed by atoms with Crippen molar-refractivity contribution in [2.75, 3.05) is 5.32 Å². The highest BCUT2D eigenvalue weighted by molar-refractivity contribution is 5.85. The third-order valence-electron chi connectivity index (χ3n) is 4.07. The molecule has 0 bridgehead atoms. The Morgan fingerprint density at radius 1 is 1.30 bits per heavy atom. The minimum Gasteiger partial charge on any atom is -0.481 e. The van der Waals surface area contributed by atoms with Gasteiger partial charge in [0.25, 0.3) is 0 Å². The summed E-state index contributed by atoms with van der Waals surface area (Å²) in [5.74, 6) is -2.46. The first-order valence-corrected chi connectivity index (χ1v) is 7.46. The molecule has 1 aromatic rings. The number of anilines is 1. The lowest BCUT2D eigenvalue weighted by molar-refractivity contribution is -0.139. The van der Waals surface area contributed by atoms with Crippen LogP contribution in [0.4, 0.5) is 14.9 Å². The van der Waals surface area contributed by atoms with Gasteiger partial charge in [-0.05, 0) is 49.9 Å². The van der Waals surface area contributed by atoms with Crippen molar-refractivity contribution in [2.24, 2.45) is 11.3 Å². The zero-order valence-corrected chi connectivity index (χ0v) is 13.9. The average molecular weight is 323 g/mol. The molecule has 2 N–H and O–H groups in total. The van der Waals surface area contributed by atoms with E-state index < -0.39 is 40.7 Å². The molecule has 23 heavy (non-hydrogen) atoms. The van der Waals surface area contributed by atoms with E-state index in [0.29, 0.717) is 11.3 Å². The summed E-state index contributed by atoms with van der Waals surface area (Å²) in [5.41, 5.74) is -0.477. The third-order valence-corrected chi connectivity index (χ3v) is 4.07. The van der Waals surface area contributed by atoms with Crippen molar-refractivity contribution in [2.45, 2.75) is 46.1 Å². The smallest absolute Gasteiger partial charge is 0.412 e. The lowest BCUT2D eigenvalue weighted by atomic mass is 10.0. The van der Waals surface area contributed by atoms with Gasteiger partial charge in [0, 0.05) is 11.6 Å². The second-order valence-corrected chi connectivity index (χ2v) is 7.48. The van der Waals surface area contributed by atoms with Crippen LogP contribution in [0.2, 0.25) is 0 Å². The number of carboxylic acids is 1. The van der Waals surface area contributed by atoms with Crippen molar-refractivity contribution in [3.63, 3.8) is 0 Å². The van der Waals surface area contributed by atoms with Crippen LogP contribution in [0.25, 0.3) is 0 Å². The number of ether oxygens (including phenoxy) is 1. The Hall–Kier alpha value is -2.11. The van der Waals surface area contributed by atoms with Crippen LogP contribution in [0.1, 0.15) is 46.1 Å². The summed E-state index contributed by atoms with van der Waals surface area (Å²) in [6.45, 7) is 8.82. The summed E-state index contributed by atoms with van der Waals surface area (Å²) in [7, 11) is 0. The number of carbonyl (C=O) groups is 2. The predicted molar refractivity (Wildman–Crippen MR) is 83.9 cm³/mol. The normalized spacial score (nSPS) is 22.3. The van der Waals surface area contributed by atoms with E-state index in [2.05, 4.69) is 5.32 Å². The van der Waals surface area contributed by atoms with Gasteiger partial charge in [0.1, 0.15) is 11.4 Å². The van der Waals surface area contributed by atoms with Gasteiger partial charge in [-0.15, -0.1) is 0 Å². The Bertz CT molecular complexity index is 648. The zero-order valence-electron chi connectivity index (χ0n) is 13.9. The van der Waals surface area contributed by atoms with Crippen molar-refractivity contribution in [3.8, 4) is 0 Å². The highest BCUT2D eigenvalue weighted by Crippen LogP contribution is 2.64. The summed E-state index contributed by atoms with van der Waals surface area (Å²) < 4.78 is 19.3. The monoisotopic (exact) mass is 323 g/mol. The highest BCUT2D eigenvalue weighted by atomic mass is 19.1. The molecule has 0 heterocycles. The zero-order chi connectivity index (χ0) is 17.6. The minimum absolute atomic E-state index is 0.302. The van der Waals surface area contributed by atoms with Gasteiger partial charge in [-0.25, -0.2) is 9.18 Å². The van der Waals surface area contributed by atoms with Crippen LogP contribution in [0, 0.1) is 17.2 Å². The van der Waals surface area contributed by atoms with Crippen molar-refractivity contribution in [1.29, 1.82) is 0 Å². The summed E-state index contributed by atoms with van der Waals surface area (Å²) in [6.07, 6.45) is -0.639. The maximum atomic E-state index is 14.1. The van der Waals surface area contributed by atoms with Crippen LogP contribution in [0.15, 0.2) is 18.2 Å². The number of aliphatic carboxylic acids is 1. The van der Waals surface area contributed by atoms with Crippen LogP contribution in [0.5, 0.6) is 0 Å². The molecule has 0 radical (unpaired) electrons. The summed E-state index contributed by atoms with van der Waals surface area (Å²) in [6, 6.07) is 4.14. The van der Waals surface area contributed by atoms with Gasteiger partial charge in [-0.1, -0.05) is 13.8 Å². The average Bonchev–Trinajstić information content (AvgIpc) is 2.92. The number of hydrogen-bond donors (Lipinski definition) is 2. The van der Waals surface area contributed by atoms with E-state index in [9.17, 15) is 19.1 Å². The molecule has 6 heteroatoms. The maximum absolute atomic E-state index is 14.1. The van der Waals surface area contributed by atoms with Crippen LogP contribution >= 0.6 is 0 Å². The van der Waals surface area contributed by atoms with E-state index in [-0.39, 0.29) is 0 Å². The molecule has 1 saturated carbocycles. The number of nitrogens with one attached hydrogen (secondary N) is 1. The van der Waals surface area contributed by atoms with Crippen LogP contribution in [-0.2, 0) is 9.53 Å². The molecule has 1 fully saturated rings. The molecule has 2 rings (SSSR count). The molecule has 2 atom stereocenters. The fourth-order valence-corrected chi connectivity index (χ4v) is 2.96. The number of benzene rings is 1. The van der Waals surface area contributed by atoms with E-state index in [4.69, 9.17) is 4.74 Å². The van der Waals surface area contributed by atoms with Crippen molar-refractivity contribution < 1.29 is 23.8 Å². The summed E-state index contributed by atoms with van der Waals surface area (Å²) >= 11 is 0. The molecule has 1 aliphatic rings. The van der Waals surface area contributed by atoms with Crippen LogP contribution in [-0.4, -0.2) is 22.8 Å². The largest absolute Gasteiger partial charge is 0.481 e. The van der Waals surface area contributed by atoms with Gasteiger partial charge in [-0.2, -0.15) is 0 Å². The lowest BCUT2D eigenvalue weighted by Crippen LogP contribution is -2.27. The highest BCUT2D eigenvalue weighted by Gasteiger charge is 2.63. The summed E-state index contributed by atoms with van der Waals surface area (Å²) in [4.78, 5) is 23.1. The standard InChI is InChI=1S/C17H22FNO4/c1-16(2,3)23-15(22)19-9-6-7-11(18)10(8-9)12-13(14(20)21)17(12,4)5/h6-8,12-13H,1-5H3,(H,19,22)(H,20,21). The molecule has 0 spiro atoms. The third kappa shape index (κ3) is 3.63. The molecule has 2 unspecified atom stereocenters. The molecule has 0 aromatic heterocycles.